The molecule has 1 aliphatic heterocycles. The van der Waals surface area contributed by atoms with Gasteiger partial charge in [-0.3, -0.25) is 14.9 Å². The maximum Gasteiger partial charge on any atom is 0.293 e. The number of amides is 2. The summed E-state index contributed by atoms with van der Waals surface area (Å²) in [4.78, 5) is 28.3. The van der Waals surface area contributed by atoms with Gasteiger partial charge in [0, 0.05) is 43.7 Å². The fourth-order valence-electron chi connectivity index (χ4n) is 3.69. The quantitative estimate of drug-likeness (QED) is 0.537. The molecular weight excluding hydrogens is 460 g/mol. The molecule has 0 aliphatic carbocycles. The highest BCUT2D eigenvalue weighted by Gasteiger charge is 2.21. The van der Waals surface area contributed by atoms with Gasteiger partial charge in [-0.25, -0.2) is 0 Å². The Morgan fingerprint density at radius 1 is 1.00 bits per heavy atom. The summed E-state index contributed by atoms with van der Waals surface area (Å²) in [5.74, 6) is 0.314. The van der Waals surface area contributed by atoms with Crippen LogP contribution in [0.15, 0.2) is 65.1 Å². The SMILES string of the molecule is CC(=O)N1CCN(c2ccccc2NC(=S)NC(=O)c2ccc(-c3cccc(Cl)c3)o2)CC1. The van der Waals surface area contributed by atoms with Gasteiger partial charge in [-0.2, -0.15) is 0 Å². The van der Waals surface area contributed by atoms with Gasteiger partial charge in [-0.15, -0.1) is 0 Å². The van der Waals surface area contributed by atoms with Crippen LogP contribution in [0.1, 0.15) is 17.5 Å². The molecule has 0 unspecified atom stereocenters. The number of para-hydroxylation sites is 2. The molecular formula is C24H23ClN4O3S. The van der Waals surface area contributed by atoms with Crippen LogP contribution in [-0.4, -0.2) is 48.0 Å². The van der Waals surface area contributed by atoms with Gasteiger partial charge in [-0.05, 0) is 48.6 Å². The Bertz CT molecular complexity index is 1190. The Morgan fingerprint density at radius 3 is 2.48 bits per heavy atom. The Kier molecular flexibility index (Phi) is 6.96. The molecule has 0 atom stereocenters. The second kappa shape index (κ2) is 10.1. The van der Waals surface area contributed by atoms with Gasteiger partial charge >= 0.3 is 0 Å². The second-order valence-corrected chi connectivity index (χ2v) is 8.44. The van der Waals surface area contributed by atoms with Crippen molar-refractivity contribution in [1.29, 1.82) is 0 Å². The molecule has 1 fully saturated rings. The van der Waals surface area contributed by atoms with Gasteiger partial charge in [0.05, 0.1) is 11.4 Å². The highest BCUT2D eigenvalue weighted by Crippen LogP contribution is 2.27. The molecule has 1 saturated heterocycles. The van der Waals surface area contributed by atoms with Crippen molar-refractivity contribution in [3.8, 4) is 11.3 Å². The third-order valence-corrected chi connectivity index (χ3v) is 5.82. The van der Waals surface area contributed by atoms with Crippen LogP contribution in [0.25, 0.3) is 11.3 Å². The van der Waals surface area contributed by atoms with Crippen molar-refractivity contribution in [3.05, 3.63) is 71.4 Å². The molecule has 2 amide bonds. The van der Waals surface area contributed by atoms with E-state index in [-0.39, 0.29) is 16.8 Å². The first-order valence-electron chi connectivity index (χ1n) is 10.5. The van der Waals surface area contributed by atoms with Crippen molar-refractivity contribution in [2.24, 2.45) is 0 Å². The van der Waals surface area contributed by atoms with Gasteiger partial charge in [-0.1, -0.05) is 35.9 Å². The molecule has 170 valence electrons. The minimum absolute atomic E-state index is 0.0846. The number of hydrogen-bond acceptors (Lipinski definition) is 5. The maximum absolute atomic E-state index is 12.6. The zero-order valence-electron chi connectivity index (χ0n) is 18.0. The number of nitrogens with zero attached hydrogens (tertiary/aromatic N) is 2. The number of piperazine rings is 1. The van der Waals surface area contributed by atoms with Crippen molar-refractivity contribution in [1.82, 2.24) is 10.2 Å². The molecule has 0 radical (unpaired) electrons. The minimum atomic E-state index is -0.451. The summed E-state index contributed by atoms with van der Waals surface area (Å²) in [5, 5.41) is 6.52. The zero-order valence-corrected chi connectivity index (χ0v) is 19.6. The number of carbonyl (C=O) groups excluding carboxylic acids is 2. The molecule has 0 saturated carbocycles. The Balaban J connectivity index is 1.40. The third kappa shape index (κ3) is 5.53. The molecule has 1 aromatic heterocycles. The Labute approximate surface area is 202 Å². The van der Waals surface area contributed by atoms with Gasteiger partial charge in [0.25, 0.3) is 5.91 Å². The Morgan fingerprint density at radius 2 is 1.76 bits per heavy atom. The van der Waals surface area contributed by atoms with E-state index in [0.717, 1.165) is 30.0 Å². The van der Waals surface area contributed by atoms with E-state index in [9.17, 15) is 9.59 Å². The predicted octanol–water partition coefficient (Wildman–Crippen LogP) is 4.40. The average Bonchev–Trinajstić information content (AvgIpc) is 3.30. The minimum Gasteiger partial charge on any atom is -0.451 e. The third-order valence-electron chi connectivity index (χ3n) is 5.38. The van der Waals surface area contributed by atoms with Gasteiger partial charge < -0.3 is 19.5 Å². The van der Waals surface area contributed by atoms with Crippen LogP contribution in [0.2, 0.25) is 5.02 Å². The number of thiocarbonyl (C=S) groups is 1. The van der Waals surface area contributed by atoms with Crippen LogP contribution in [-0.2, 0) is 4.79 Å². The van der Waals surface area contributed by atoms with Gasteiger partial charge in [0.1, 0.15) is 5.76 Å². The molecule has 2 aromatic carbocycles. The lowest BCUT2D eigenvalue weighted by Crippen LogP contribution is -2.48. The van der Waals surface area contributed by atoms with E-state index in [1.807, 2.05) is 41.3 Å². The lowest BCUT2D eigenvalue weighted by Gasteiger charge is -2.36. The number of benzene rings is 2. The number of carbonyl (C=O) groups is 2. The first-order valence-corrected chi connectivity index (χ1v) is 11.3. The number of rotatable bonds is 4. The number of anilines is 2. The zero-order chi connectivity index (χ0) is 23.4. The van der Waals surface area contributed by atoms with Crippen molar-refractivity contribution in [3.63, 3.8) is 0 Å². The van der Waals surface area contributed by atoms with Gasteiger partial charge in [0.15, 0.2) is 10.9 Å². The lowest BCUT2D eigenvalue weighted by atomic mass is 10.2. The van der Waals surface area contributed by atoms with Crippen LogP contribution < -0.4 is 15.5 Å². The summed E-state index contributed by atoms with van der Waals surface area (Å²) in [6.07, 6.45) is 0. The molecule has 3 aromatic rings. The number of hydrogen-bond donors (Lipinski definition) is 2. The van der Waals surface area contributed by atoms with Gasteiger partial charge in [0.2, 0.25) is 5.91 Å². The summed E-state index contributed by atoms with van der Waals surface area (Å²) in [5.41, 5.74) is 2.51. The van der Waals surface area contributed by atoms with E-state index in [1.54, 1.807) is 31.2 Å². The average molecular weight is 483 g/mol. The predicted molar refractivity (Wildman–Crippen MR) is 134 cm³/mol. The first-order chi connectivity index (χ1) is 15.9. The fourth-order valence-corrected chi connectivity index (χ4v) is 4.09. The van der Waals surface area contributed by atoms with Crippen molar-refractivity contribution in [2.75, 3.05) is 36.4 Å². The van der Waals surface area contributed by atoms with E-state index < -0.39 is 5.91 Å². The molecule has 0 bridgehead atoms. The van der Waals surface area contributed by atoms with Crippen LogP contribution >= 0.6 is 23.8 Å². The topological polar surface area (TPSA) is 77.8 Å². The molecule has 2 N–H and O–H groups in total. The van der Waals surface area contributed by atoms with Crippen LogP contribution in [0.4, 0.5) is 11.4 Å². The van der Waals surface area contributed by atoms with E-state index in [4.69, 9.17) is 28.2 Å². The fraction of sp³-hybridized carbons (Fsp3) is 0.208. The molecule has 4 rings (SSSR count). The Hall–Kier alpha value is -3.36. The summed E-state index contributed by atoms with van der Waals surface area (Å²) >= 11 is 11.4. The smallest absolute Gasteiger partial charge is 0.293 e. The van der Waals surface area contributed by atoms with E-state index in [2.05, 4.69) is 15.5 Å². The van der Waals surface area contributed by atoms with Crippen LogP contribution in [0.5, 0.6) is 0 Å². The number of nitrogens with one attached hydrogen (secondary N) is 2. The highest BCUT2D eigenvalue weighted by atomic mass is 35.5. The molecule has 9 heteroatoms. The molecule has 7 nitrogen and oxygen atoms in total. The number of furan rings is 1. The van der Waals surface area contributed by atoms with Crippen molar-refractivity contribution in [2.45, 2.75) is 6.92 Å². The molecule has 2 heterocycles. The first kappa shape index (κ1) is 22.8. The van der Waals surface area contributed by atoms with Crippen molar-refractivity contribution >= 4 is 52.1 Å². The molecule has 0 spiro atoms. The summed E-state index contributed by atoms with van der Waals surface area (Å²) in [6, 6.07) is 18.2. The number of halogens is 1. The largest absolute Gasteiger partial charge is 0.451 e. The standard InChI is InChI=1S/C24H23ClN4O3S/c1-16(30)28-11-13-29(14-12-28)20-8-3-2-7-19(20)26-24(33)27-23(31)22-10-9-21(32-22)17-5-4-6-18(25)15-17/h2-10,15H,11-14H2,1H3,(H2,26,27,31,33). The summed E-state index contributed by atoms with van der Waals surface area (Å²) in [6.45, 7) is 4.35. The summed E-state index contributed by atoms with van der Waals surface area (Å²) < 4.78 is 5.69. The van der Waals surface area contributed by atoms with E-state index >= 15 is 0 Å². The molecule has 33 heavy (non-hydrogen) atoms. The second-order valence-electron chi connectivity index (χ2n) is 7.59. The van der Waals surface area contributed by atoms with Crippen LogP contribution in [0, 0.1) is 0 Å². The highest BCUT2D eigenvalue weighted by molar-refractivity contribution is 7.80. The summed E-state index contributed by atoms with van der Waals surface area (Å²) in [7, 11) is 0. The lowest BCUT2D eigenvalue weighted by molar-refractivity contribution is -0.129. The van der Waals surface area contributed by atoms with Crippen molar-refractivity contribution < 1.29 is 14.0 Å². The molecule has 1 aliphatic rings. The van der Waals surface area contributed by atoms with E-state index in [1.165, 1.54) is 0 Å². The maximum atomic E-state index is 12.6. The van der Waals surface area contributed by atoms with Crippen LogP contribution in [0.3, 0.4) is 0 Å². The normalized spacial score (nSPS) is 13.5. The van der Waals surface area contributed by atoms with E-state index in [0.29, 0.717) is 23.9 Å². The monoisotopic (exact) mass is 482 g/mol.